The fourth-order valence-corrected chi connectivity index (χ4v) is 2.96. The molecule has 1 amide bonds. The molecule has 0 saturated heterocycles. The Morgan fingerprint density at radius 3 is 2.75 bits per heavy atom. The minimum Gasteiger partial charge on any atom is -0.395 e. The van der Waals surface area contributed by atoms with Crippen molar-refractivity contribution in [1.82, 2.24) is 9.47 Å². The van der Waals surface area contributed by atoms with Crippen molar-refractivity contribution in [2.45, 2.75) is 20.4 Å². The summed E-state index contributed by atoms with van der Waals surface area (Å²) in [4.78, 5) is 14.0. The lowest BCUT2D eigenvalue weighted by molar-refractivity contribution is -0.132. The average Bonchev–Trinajstić information content (AvgIpc) is 2.70. The van der Waals surface area contributed by atoms with Gasteiger partial charge in [-0.05, 0) is 35.8 Å². The van der Waals surface area contributed by atoms with Crippen LogP contribution in [-0.2, 0) is 11.3 Å². The molecule has 0 aliphatic heterocycles. The van der Waals surface area contributed by atoms with Gasteiger partial charge in [0.2, 0.25) is 5.91 Å². The summed E-state index contributed by atoms with van der Waals surface area (Å²) in [5.41, 5.74) is 2.09. The summed E-state index contributed by atoms with van der Waals surface area (Å²) in [5.74, 6) is 0.0258. The fraction of sp³-hybridized carbons (Fsp3) is 0.400. The second-order valence-electron chi connectivity index (χ2n) is 4.70. The highest BCUT2D eigenvalue weighted by Crippen LogP contribution is 2.30. The molecule has 0 bridgehead atoms. The van der Waals surface area contributed by atoms with E-state index < -0.39 is 0 Å². The van der Waals surface area contributed by atoms with Crippen LogP contribution in [0.3, 0.4) is 0 Å². The number of aliphatic hydroxyl groups excluding tert-OH is 1. The number of hydrogen-bond acceptors (Lipinski definition) is 2. The van der Waals surface area contributed by atoms with Gasteiger partial charge in [0, 0.05) is 34.2 Å². The molecule has 0 unspecified atom stereocenters. The maximum atomic E-state index is 12.3. The molecule has 1 heterocycles. The molecule has 0 spiro atoms. The highest BCUT2D eigenvalue weighted by Gasteiger charge is 2.17. The van der Waals surface area contributed by atoms with Gasteiger partial charge < -0.3 is 14.6 Å². The number of aromatic nitrogens is 1. The summed E-state index contributed by atoms with van der Waals surface area (Å²) < 4.78 is 3.05. The van der Waals surface area contributed by atoms with E-state index in [0.29, 0.717) is 19.6 Å². The SMILES string of the molecule is CCN(CCO)C(=O)Cn1c(C)c(Br)c2ccccc21. The van der Waals surface area contributed by atoms with Crippen molar-refractivity contribution in [3.63, 3.8) is 0 Å². The number of likely N-dealkylation sites (N-methyl/N-ethyl adjacent to an activating group) is 1. The van der Waals surface area contributed by atoms with Gasteiger partial charge in [0.05, 0.1) is 6.61 Å². The highest BCUT2D eigenvalue weighted by molar-refractivity contribution is 9.10. The van der Waals surface area contributed by atoms with Crippen LogP contribution in [0, 0.1) is 6.92 Å². The van der Waals surface area contributed by atoms with Crippen LogP contribution in [-0.4, -0.2) is 40.2 Å². The molecule has 0 saturated carbocycles. The molecule has 0 fully saturated rings. The van der Waals surface area contributed by atoms with Crippen molar-refractivity contribution in [1.29, 1.82) is 0 Å². The third kappa shape index (κ3) is 2.74. The highest BCUT2D eigenvalue weighted by atomic mass is 79.9. The molecule has 108 valence electrons. The van der Waals surface area contributed by atoms with Crippen LogP contribution in [0.25, 0.3) is 10.9 Å². The molecule has 0 aliphatic carbocycles. The van der Waals surface area contributed by atoms with Crippen LogP contribution in [0.15, 0.2) is 28.7 Å². The van der Waals surface area contributed by atoms with Gasteiger partial charge in [0.25, 0.3) is 0 Å². The van der Waals surface area contributed by atoms with E-state index in [-0.39, 0.29) is 12.5 Å². The molecule has 0 radical (unpaired) electrons. The summed E-state index contributed by atoms with van der Waals surface area (Å²) >= 11 is 3.59. The Hall–Kier alpha value is -1.33. The lowest BCUT2D eigenvalue weighted by Crippen LogP contribution is -2.36. The largest absolute Gasteiger partial charge is 0.395 e. The lowest BCUT2D eigenvalue weighted by atomic mass is 10.2. The molecule has 0 aliphatic rings. The number of carbonyl (C=O) groups excluding carboxylic acids is 1. The number of amides is 1. The van der Waals surface area contributed by atoms with Gasteiger partial charge in [0.1, 0.15) is 6.54 Å². The van der Waals surface area contributed by atoms with Gasteiger partial charge in [-0.3, -0.25) is 4.79 Å². The van der Waals surface area contributed by atoms with E-state index in [2.05, 4.69) is 15.9 Å². The minimum atomic E-state index is -0.00527. The zero-order chi connectivity index (χ0) is 14.7. The maximum Gasteiger partial charge on any atom is 0.242 e. The lowest BCUT2D eigenvalue weighted by Gasteiger charge is -2.20. The van der Waals surface area contributed by atoms with Gasteiger partial charge in [-0.2, -0.15) is 0 Å². The van der Waals surface area contributed by atoms with Crippen LogP contribution in [0.4, 0.5) is 0 Å². The molecule has 5 heteroatoms. The molecular weight excluding hydrogens is 320 g/mol. The summed E-state index contributed by atoms with van der Waals surface area (Å²) in [5, 5.41) is 10.1. The monoisotopic (exact) mass is 338 g/mol. The minimum absolute atomic E-state index is 0.00527. The quantitative estimate of drug-likeness (QED) is 0.910. The number of nitrogens with zero attached hydrogens (tertiary/aromatic N) is 2. The van der Waals surface area contributed by atoms with Gasteiger partial charge in [-0.15, -0.1) is 0 Å². The summed E-state index contributed by atoms with van der Waals surface area (Å²) in [7, 11) is 0. The Labute approximate surface area is 127 Å². The fourth-order valence-electron chi connectivity index (χ4n) is 2.41. The van der Waals surface area contributed by atoms with Gasteiger partial charge in [0.15, 0.2) is 0 Å². The smallest absolute Gasteiger partial charge is 0.242 e. The second kappa shape index (κ2) is 6.41. The molecule has 1 aromatic heterocycles. The van der Waals surface area contributed by atoms with Gasteiger partial charge in [-0.1, -0.05) is 18.2 Å². The first-order valence-electron chi connectivity index (χ1n) is 6.72. The Kier molecular flexibility index (Phi) is 4.83. The number of fused-ring (bicyclic) bond motifs is 1. The number of rotatable bonds is 5. The third-order valence-electron chi connectivity index (χ3n) is 3.55. The van der Waals surface area contributed by atoms with Crippen LogP contribution in [0.5, 0.6) is 0 Å². The first kappa shape index (κ1) is 15.1. The zero-order valence-electron chi connectivity index (χ0n) is 11.8. The van der Waals surface area contributed by atoms with Crippen molar-refractivity contribution in [2.24, 2.45) is 0 Å². The number of carbonyl (C=O) groups is 1. The standard InChI is InChI=1S/C15H19BrN2O2/c1-3-17(8-9-19)14(20)10-18-11(2)15(16)12-6-4-5-7-13(12)18/h4-7,19H,3,8-10H2,1-2H3. The van der Waals surface area contributed by atoms with E-state index in [9.17, 15) is 4.79 Å². The van der Waals surface area contributed by atoms with E-state index >= 15 is 0 Å². The number of para-hydroxylation sites is 1. The van der Waals surface area contributed by atoms with E-state index in [1.807, 2.05) is 42.7 Å². The number of hydrogen-bond donors (Lipinski definition) is 1. The van der Waals surface area contributed by atoms with E-state index in [4.69, 9.17) is 5.11 Å². The van der Waals surface area contributed by atoms with Crippen molar-refractivity contribution >= 4 is 32.7 Å². The Morgan fingerprint density at radius 2 is 2.10 bits per heavy atom. The predicted octanol–water partition coefficient (Wildman–Crippen LogP) is 2.55. The Balaban J connectivity index is 2.34. The summed E-state index contributed by atoms with van der Waals surface area (Å²) in [6.07, 6.45) is 0. The van der Waals surface area contributed by atoms with Crippen molar-refractivity contribution < 1.29 is 9.90 Å². The van der Waals surface area contributed by atoms with E-state index in [1.54, 1.807) is 4.90 Å². The second-order valence-corrected chi connectivity index (χ2v) is 5.49. The number of benzene rings is 1. The number of halogens is 1. The molecule has 20 heavy (non-hydrogen) atoms. The molecule has 2 rings (SSSR count). The third-order valence-corrected chi connectivity index (χ3v) is 4.55. The Morgan fingerprint density at radius 1 is 1.40 bits per heavy atom. The Bertz CT molecular complexity index is 622. The summed E-state index contributed by atoms with van der Waals surface area (Å²) in [6, 6.07) is 8.02. The molecule has 2 aromatic rings. The molecule has 4 nitrogen and oxygen atoms in total. The molecule has 0 atom stereocenters. The van der Waals surface area contributed by atoms with Gasteiger partial charge in [-0.25, -0.2) is 0 Å². The average molecular weight is 339 g/mol. The topological polar surface area (TPSA) is 45.5 Å². The van der Waals surface area contributed by atoms with Crippen molar-refractivity contribution in [3.05, 3.63) is 34.4 Å². The molecule has 1 aromatic carbocycles. The van der Waals surface area contributed by atoms with Crippen molar-refractivity contribution in [2.75, 3.05) is 19.7 Å². The van der Waals surface area contributed by atoms with Crippen molar-refractivity contribution in [3.8, 4) is 0 Å². The van der Waals surface area contributed by atoms with Crippen LogP contribution in [0.1, 0.15) is 12.6 Å². The molecule has 1 N–H and O–H groups in total. The first-order valence-corrected chi connectivity index (χ1v) is 7.51. The number of aliphatic hydroxyl groups is 1. The molecular formula is C15H19BrN2O2. The normalized spacial score (nSPS) is 11.0. The first-order chi connectivity index (χ1) is 9.60. The zero-order valence-corrected chi connectivity index (χ0v) is 13.4. The predicted molar refractivity (Wildman–Crippen MR) is 83.7 cm³/mol. The summed E-state index contributed by atoms with van der Waals surface area (Å²) in [6.45, 7) is 5.21. The van der Waals surface area contributed by atoms with E-state index in [0.717, 1.165) is 21.1 Å². The van der Waals surface area contributed by atoms with Gasteiger partial charge >= 0.3 is 0 Å². The van der Waals surface area contributed by atoms with Crippen LogP contribution in [0.2, 0.25) is 0 Å². The van der Waals surface area contributed by atoms with Crippen LogP contribution < -0.4 is 0 Å². The van der Waals surface area contributed by atoms with Crippen LogP contribution >= 0.6 is 15.9 Å². The van der Waals surface area contributed by atoms with E-state index in [1.165, 1.54) is 0 Å². The maximum absolute atomic E-state index is 12.3.